The lowest BCUT2D eigenvalue weighted by molar-refractivity contribution is -0.127. The molecule has 1 saturated heterocycles. The van der Waals surface area contributed by atoms with Gasteiger partial charge in [0, 0.05) is 27.2 Å². The Bertz CT molecular complexity index is 675. The first-order chi connectivity index (χ1) is 13.5. The van der Waals surface area contributed by atoms with Gasteiger partial charge >= 0.3 is 0 Å². The lowest BCUT2D eigenvalue weighted by atomic mass is 10.1. The zero-order valence-corrected chi connectivity index (χ0v) is 20.0. The van der Waals surface area contributed by atoms with E-state index in [0.717, 1.165) is 18.8 Å². The molecule has 1 aromatic carbocycles. The normalized spacial score (nSPS) is 15.2. The van der Waals surface area contributed by atoms with Crippen molar-refractivity contribution in [3.63, 3.8) is 0 Å². The van der Waals surface area contributed by atoms with E-state index in [2.05, 4.69) is 39.2 Å². The van der Waals surface area contributed by atoms with E-state index in [9.17, 15) is 4.79 Å². The Morgan fingerprint density at radius 1 is 1.34 bits per heavy atom. The van der Waals surface area contributed by atoms with Crippen molar-refractivity contribution in [1.29, 1.82) is 0 Å². The van der Waals surface area contributed by atoms with Crippen molar-refractivity contribution in [2.24, 2.45) is 4.99 Å². The highest BCUT2D eigenvalue weighted by Crippen LogP contribution is 2.27. The van der Waals surface area contributed by atoms with Crippen molar-refractivity contribution in [1.82, 2.24) is 20.4 Å². The average molecular weight is 515 g/mol. The molecule has 1 amide bonds. The van der Waals surface area contributed by atoms with Crippen molar-refractivity contribution in [2.45, 2.75) is 18.9 Å². The number of ether oxygens (including phenoxy) is 1. The molecule has 0 radical (unpaired) electrons. The molecule has 0 aromatic heterocycles. The number of rotatable bonds is 9. The smallest absolute Gasteiger partial charge is 0.243 e. The molecular weight excluding hydrogens is 481 g/mol. The highest BCUT2D eigenvalue weighted by atomic mass is 127. The third-order valence-corrected chi connectivity index (χ3v) is 4.81. The molecule has 0 bridgehead atoms. The molecule has 162 valence electrons. The van der Waals surface area contributed by atoms with E-state index in [1.54, 1.807) is 27.3 Å². The van der Waals surface area contributed by atoms with Crippen LogP contribution >= 0.6 is 24.0 Å². The van der Waals surface area contributed by atoms with Gasteiger partial charge in [-0.2, -0.15) is 0 Å². The number of benzene rings is 1. The first-order valence-corrected chi connectivity index (χ1v) is 9.76. The summed E-state index contributed by atoms with van der Waals surface area (Å²) in [6, 6.07) is 8.42. The van der Waals surface area contributed by atoms with Crippen LogP contribution in [0.25, 0.3) is 0 Å². The van der Waals surface area contributed by atoms with Gasteiger partial charge in [0.25, 0.3) is 0 Å². The Hall–Kier alpha value is -1.81. The fraction of sp³-hybridized carbons (Fsp3) is 0.524. The van der Waals surface area contributed by atoms with Crippen LogP contribution in [0.1, 0.15) is 24.4 Å². The van der Waals surface area contributed by atoms with Crippen LogP contribution in [0.4, 0.5) is 0 Å². The maximum Gasteiger partial charge on any atom is 0.243 e. The summed E-state index contributed by atoms with van der Waals surface area (Å²) in [6.07, 6.45) is 4.20. The zero-order valence-electron chi connectivity index (χ0n) is 17.7. The minimum atomic E-state index is -0.0383. The number of methoxy groups -OCH3 is 1. The fourth-order valence-electron chi connectivity index (χ4n) is 3.18. The van der Waals surface area contributed by atoms with Gasteiger partial charge in [-0.15, -0.1) is 30.6 Å². The number of hydrogen-bond donors (Lipinski definition) is 2. The van der Waals surface area contributed by atoms with Crippen LogP contribution in [0, 0.1) is 0 Å². The molecule has 7 nitrogen and oxygen atoms in total. The van der Waals surface area contributed by atoms with Crippen LogP contribution in [0.3, 0.4) is 0 Å². The summed E-state index contributed by atoms with van der Waals surface area (Å²) in [4.78, 5) is 20.3. The first-order valence-electron chi connectivity index (χ1n) is 9.76. The lowest BCUT2D eigenvalue weighted by Crippen LogP contribution is -2.43. The standard InChI is InChI=1S/C21H33N5O2.HI/c1-5-11-22-21(24-16-20(27)25(2)3)23-15-19(26-12-6-7-13-26)17-9-8-10-18(14-17)28-4;/h5,8-10,14,19H,1,6-7,11-13,15-16H2,2-4H3,(H2,22,23,24);1H. The van der Waals surface area contributed by atoms with E-state index in [-0.39, 0.29) is 42.5 Å². The quantitative estimate of drug-likeness (QED) is 0.229. The summed E-state index contributed by atoms with van der Waals surface area (Å²) in [5.41, 5.74) is 1.21. The molecule has 1 heterocycles. The van der Waals surface area contributed by atoms with E-state index in [1.165, 1.54) is 23.3 Å². The van der Waals surface area contributed by atoms with Gasteiger partial charge in [-0.3, -0.25) is 9.69 Å². The number of guanidine groups is 1. The van der Waals surface area contributed by atoms with Crippen molar-refractivity contribution in [3.05, 3.63) is 42.5 Å². The molecule has 0 spiro atoms. The van der Waals surface area contributed by atoms with Crippen LogP contribution in [0.15, 0.2) is 41.9 Å². The predicted octanol–water partition coefficient (Wildman–Crippen LogP) is 2.26. The number of carbonyl (C=O) groups is 1. The Labute approximate surface area is 191 Å². The van der Waals surface area contributed by atoms with Crippen LogP contribution in [0.5, 0.6) is 5.75 Å². The number of amides is 1. The molecule has 0 aliphatic carbocycles. The molecule has 1 unspecified atom stereocenters. The summed E-state index contributed by atoms with van der Waals surface area (Å²) < 4.78 is 5.41. The summed E-state index contributed by atoms with van der Waals surface area (Å²) in [5.74, 6) is 1.43. The first kappa shape index (κ1) is 25.2. The second-order valence-corrected chi connectivity index (χ2v) is 7.04. The Morgan fingerprint density at radius 3 is 2.69 bits per heavy atom. The van der Waals surface area contributed by atoms with Gasteiger partial charge in [-0.25, -0.2) is 4.99 Å². The zero-order chi connectivity index (χ0) is 20.4. The van der Waals surface area contributed by atoms with Crippen molar-refractivity contribution >= 4 is 35.8 Å². The van der Waals surface area contributed by atoms with E-state index in [4.69, 9.17) is 4.74 Å². The Kier molecular flexibility index (Phi) is 11.7. The van der Waals surface area contributed by atoms with Gasteiger partial charge in [0.15, 0.2) is 5.96 Å². The summed E-state index contributed by atoms with van der Waals surface area (Å²) in [5, 5.41) is 6.59. The number of aliphatic imine (C=N–C) groups is 1. The molecular formula is C21H34IN5O2. The number of halogens is 1. The van der Waals surface area contributed by atoms with Crippen LogP contribution in [0.2, 0.25) is 0 Å². The predicted molar refractivity (Wildman–Crippen MR) is 129 cm³/mol. The number of likely N-dealkylation sites (N-methyl/N-ethyl adjacent to an activating group) is 1. The summed E-state index contributed by atoms with van der Waals surface area (Å²) >= 11 is 0. The molecule has 1 atom stereocenters. The molecule has 1 fully saturated rings. The fourth-order valence-corrected chi connectivity index (χ4v) is 3.18. The average Bonchev–Trinajstić information content (AvgIpc) is 3.23. The summed E-state index contributed by atoms with van der Waals surface area (Å²) in [6.45, 7) is 7.27. The Morgan fingerprint density at radius 2 is 2.07 bits per heavy atom. The lowest BCUT2D eigenvalue weighted by Gasteiger charge is -2.29. The molecule has 29 heavy (non-hydrogen) atoms. The SMILES string of the molecule is C=CCNC(=NCC(=O)N(C)C)NCC(c1cccc(OC)c1)N1CCCC1.I. The minimum Gasteiger partial charge on any atom is -0.497 e. The van der Waals surface area contributed by atoms with Gasteiger partial charge in [-0.1, -0.05) is 18.2 Å². The number of hydrogen-bond acceptors (Lipinski definition) is 4. The summed E-state index contributed by atoms with van der Waals surface area (Å²) in [7, 11) is 5.15. The topological polar surface area (TPSA) is 69.2 Å². The number of nitrogens with one attached hydrogen (secondary N) is 2. The Balaban J connectivity index is 0.00000420. The second-order valence-electron chi connectivity index (χ2n) is 7.04. The van der Waals surface area contributed by atoms with Crippen molar-refractivity contribution in [2.75, 3.05) is 53.9 Å². The largest absolute Gasteiger partial charge is 0.497 e. The molecule has 2 N–H and O–H groups in total. The van der Waals surface area contributed by atoms with Gasteiger partial charge in [0.2, 0.25) is 5.91 Å². The van der Waals surface area contributed by atoms with Crippen LogP contribution in [-0.2, 0) is 4.79 Å². The van der Waals surface area contributed by atoms with Crippen molar-refractivity contribution < 1.29 is 9.53 Å². The molecule has 1 aliphatic rings. The molecule has 0 saturated carbocycles. The molecule has 2 rings (SSSR count). The van der Waals surface area contributed by atoms with Crippen LogP contribution < -0.4 is 15.4 Å². The van der Waals surface area contributed by atoms with Gasteiger partial charge in [-0.05, 0) is 43.6 Å². The van der Waals surface area contributed by atoms with E-state index < -0.39 is 0 Å². The highest BCUT2D eigenvalue weighted by Gasteiger charge is 2.24. The number of likely N-dealkylation sites (tertiary alicyclic amines) is 1. The monoisotopic (exact) mass is 515 g/mol. The third kappa shape index (κ3) is 8.22. The van der Waals surface area contributed by atoms with Gasteiger partial charge in [0.1, 0.15) is 12.3 Å². The van der Waals surface area contributed by atoms with E-state index >= 15 is 0 Å². The maximum atomic E-state index is 11.9. The van der Waals surface area contributed by atoms with E-state index in [0.29, 0.717) is 19.0 Å². The van der Waals surface area contributed by atoms with Crippen molar-refractivity contribution in [3.8, 4) is 5.75 Å². The maximum absolute atomic E-state index is 11.9. The molecule has 8 heteroatoms. The van der Waals surface area contributed by atoms with E-state index in [1.807, 2.05) is 12.1 Å². The second kappa shape index (κ2) is 13.4. The third-order valence-electron chi connectivity index (χ3n) is 4.81. The number of carbonyl (C=O) groups excluding carboxylic acids is 1. The van der Waals surface area contributed by atoms with Gasteiger partial charge in [0.05, 0.1) is 13.2 Å². The molecule has 1 aliphatic heterocycles. The van der Waals surface area contributed by atoms with Gasteiger partial charge < -0.3 is 20.3 Å². The highest BCUT2D eigenvalue weighted by molar-refractivity contribution is 14.0. The minimum absolute atomic E-state index is 0. The number of nitrogens with zero attached hydrogens (tertiary/aromatic N) is 3. The van der Waals surface area contributed by atoms with Crippen LogP contribution in [-0.4, -0.2) is 75.6 Å². The molecule has 1 aromatic rings.